The van der Waals surface area contributed by atoms with Crippen molar-refractivity contribution in [2.45, 2.75) is 52.4 Å². The Morgan fingerprint density at radius 3 is 2.30 bits per heavy atom. The van der Waals surface area contributed by atoms with Crippen LogP contribution in [0.5, 0.6) is 0 Å². The lowest BCUT2D eigenvalue weighted by Crippen LogP contribution is -1.89. The van der Waals surface area contributed by atoms with Crippen molar-refractivity contribution in [3.63, 3.8) is 0 Å². The van der Waals surface area contributed by atoms with Crippen molar-refractivity contribution < 1.29 is 4.39 Å². The summed E-state index contributed by atoms with van der Waals surface area (Å²) < 4.78 is 14.8. The SMILES string of the molecule is CCCCCCc1ccc(C#Cc2ccc3cc(CC)ccc3c2F)cc1. The molecule has 0 fully saturated rings. The Kier molecular flexibility index (Phi) is 6.66. The second-order valence-electron chi connectivity index (χ2n) is 7.09. The lowest BCUT2D eigenvalue weighted by Gasteiger charge is -2.04. The van der Waals surface area contributed by atoms with Crippen LogP contribution in [0.15, 0.2) is 54.6 Å². The molecule has 0 spiro atoms. The minimum atomic E-state index is -0.227. The van der Waals surface area contributed by atoms with Gasteiger partial charge in [0.1, 0.15) is 5.82 Å². The van der Waals surface area contributed by atoms with Crippen LogP contribution in [0.25, 0.3) is 10.8 Å². The molecule has 0 nitrogen and oxygen atoms in total. The lowest BCUT2D eigenvalue weighted by molar-refractivity contribution is 0.636. The summed E-state index contributed by atoms with van der Waals surface area (Å²) in [7, 11) is 0. The van der Waals surface area contributed by atoms with E-state index in [-0.39, 0.29) is 5.82 Å². The summed E-state index contributed by atoms with van der Waals surface area (Å²) in [6, 6.07) is 18.0. The van der Waals surface area contributed by atoms with Crippen molar-refractivity contribution in [3.8, 4) is 11.8 Å². The molecule has 27 heavy (non-hydrogen) atoms. The van der Waals surface area contributed by atoms with E-state index in [4.69, 9.17) is 0 Å². The van der Waals surface area contributed by atoms with Crippen LogP contribution in [-0.2, 0) is 12.8 Å². The maximum absolute atomic E-state index is 14.8. The molecule has 0 aromatic heterocycles. The summed E-state index contributed by atoms with van der Waals surface area (Å²) in [6.07, 6.45) is 7.17. The molecule has 3 aromatic carbocycles. The van der Waals surface area contributed by atoms with Crippen LogP contribution < -0.4 is 0 Å². The van der Waals surface area contributed by atoms with Gasteiger partial charge < -0.3 is 0 Å². The van der Waals surface area contributed by atoms with E-state index in [0.29, 0.717) is 10.9 Å². The molecule has 0 bridgehead atoms. The summed E-state index contributed by atoms with van der Waals surface area (Å²) in [5, 5.41) is 1.58. The van der Waals surface area contributed by atoms with Gasteiger partial charge in [-0.3, -0.25) is 0 Å². The molecule has 0 radical (unpaired) electrons. The van der Waals surface area contributed by atoms with Crippen molar-refractivity contribution in [2.75, 3.05) is 0 Å². The van der Waals surface area contributed by atoms with Gasteiger partial charge in [0.05, 0.1) is 5.56 Å². The predicted molar refractivity (Wildman–Crippen MR) is 114 cm³/mol. The van der Waals surface area contributed by atoms with E-state index in [1.165, 1.54) is 36.8 Å². The Hall–Kier alpha value is -2.59. The van der Waals surface area contributed by atoms with Crippen LogP contribution >= 0.6 is 0 Å². The zero-order chi connectivity index (χ0) is 19.1. The van der Waals surface area contributed by atoms with Crippen LogP contribution in [0.3, 0.4) is 0 Å². The molecular formula is C26H27F. The highest BCUT2D eigenvalue weighted by Crippen LogP contribution is 2.22. The molecule has 0 saturated carbocycles. The molecule has 0 aliphatic carbocycles. The van der Waals surface area contributed by atoms with Crippen molar-refractivity contribution in [1.82, 2.24) is 0 Å². The van der Waals surface area contributed by atoms with Gasteiger partial charge in [-0.15, -0.1) is 0 Å². The number of rotatable bonds is 6. The van der Waals surface area contributed by atoms with E-state index in [1.807, 2.05) is 30.3 Å². The molecule has 0 atom stereocenters. The van der Waals surface area contributed by atoms with E-state index in [0.717, 1.165) is 23.8 Å². The number of unbranched alkanes of at least 4 members (excludes halogenated alkanes) is 3. The lowest BCUT2D eigenvalue weighted by atomic mass is 10.0. The third kappa shape index (κ3) is 4.98. The fraction of sp³-hybridized carbons (Fsp3) is 0.308. The Labute approximate surface area is 162 Å². The fourth-order valence-corrected chi connectivity index (χ4v) is 3.31. The van der Waals surface area contributed by atoms with Gasteiger partial charge in [0, 0.05) is 10.9 Å². The van der Waals surface area contributed by atoms with E-state index in [9.17, 15) is 4.39 Å². The van der Waals surface area contributed by atoms with Crippen LogP contribution in [0.2, 0.25) is 0 Å². The van der Waals surface area contributed by atoms with Gasteiger partial charge >= 0.3 is 0 Å². The number of hydrogen-bond donors (Lipinski definition) is 0. The van der Waals surface area contributed by atoms with E-state index < -0.39 is 0 Å². The zero-order valence-corrected chi connectivity index (χ0v) is 16.3. The topological polar surface area (TPSA) is 0 Å². The van der Waals surface area contributed by atoms with Gasteiger partial charge in [-0.25, -0.2) is 4.39 Å². The van der Waals surface area contributed by atoms with Gasteiger partial charge in [0.15, 0.2) is 0 Å². The largest absolute Gasteiger partial charge is 0.205 e. The van der Waals surface area contributed by atoms with Crippen molar-refractivity contribution >= 4 is 10.8 Å². The maximum Gasteiger partial charge on any atom is 0.146 e. The Morgan fingerprint density at radius 2 is 1.56 bits per heavy atom. The first-order valence-corrected chi connectivity index (χ1v) is 10.0. The smallest absolute Gasteiger partial charge is 0.146 e. The van der Waals surface area contributed by atoms with Gasteiger partial charge in [-0.1, -0.05) is 81.3 Å². The number of fused-ring (bicyclic) bond motifs is 1. The second-order valence-corrected chi connectivity index (χ2v) is 7.09. The fourth-order valence-electron chi connectivity index (χ4n) is 3.31. The molecule has 3 rings (SSSR count). The molecule has 3 aromatic rings. The summed E-state index contributed by atoms with van der Waals surface area (Å²) in [6.45, 7) is 4.34. The number of benzene rings is 3. The van der Waals surface area contributed by atoms with E-state index in [2.05, 4.69) is 43.9 Å². The normalized spacial score (nSPS) is 10.6. The Morgan fingerprint density at radius 1 is 0.778 bits per heavy atom. The van der Waals surface area contributed by atoms with Gasteiger partial charge in [0.2, 0.25) is 0 Å². The standard InChI is InChI=1S/C26H27F/c1-3-5-6-7-8-21-9-11-22(12-10-21)13-15-23-16-17-24-19-20(4-2)14-18-25(24)26(23)27/h9-12,14,16-19H,3-8H2,1-2H3. The molecule has 0 N–H and O–H groups in total. The molecule has 0 aliphatic heterocycles. The highest BCUT2D eigenvalue weighted by Gasteiger charge is 2.06. The first kappa shape index (κ1) is 19.2. The predicted octanol–water partition coefficient (Wildman–Crippen LogP) is 7.06. The highest BCUT2D eigenvalue weighted by molar-refractivity contribution is 5.85. The zero-order valence-electron chi connectivity index (χ0n) is 16.3. The first-order valence-electron chi connectivity index (χ1n) is 10.0. The minimum absolute atomic E-state index is 0.227. The van der Waals surface area contributed by atoms with Crippen molar-refractivity contribution in [1.29, 1.82) is 0 Å². The number of aryl methyl sites for hydroxylation is 2. The summed E-state index contributed by atoms with van der Waals surface area (Å²) in [5.74, 6) is 5.88. The Bertz CT molecular complexity index is 955. The monoisotopic (exact) mass is 358 g/mol. The van der Waals surface area contributed by atoms with Gasteiger partial charge in [-0.05, 0) is 54.0 Å². The van der Waals surface area contributed by atoms with Gasteiger partial charge in [0.25, 0.3) is 0 Å². The number of hydrogen-bond acceptors (Lipinski definition) is 0. The maximum atomic E-state index is 14.8. The van der Waals surface area contributed by atoms with Crippen LogP contribution in [0.4, 0.5) is 4.39 Å². The quantitative estimate of drug-likeness (QED) is 0.327. The highest BCUT2D eigenvalue weighted by atomic mass is 19.1. The third-order valence-electron chi connectivity index (χ3n) is 5.04. The molecule has 0 aliphatic rings. The molecule has 0 amide bonds. The summed E-state index contributed by atoms with van der Waals surface area (Å²) >= 11 is 0. The molecular weight excluding hydrogens is 331 g/mol. The average molecular weight is 359 g/mol. The number of halogens is 1. The van der Waals surface area contributed by atoms with Crippen LogP contribution in [0.1, 0.15) is 61.8 Å². The van der Waals surface area contributed by atoms with Crippen LogP contribution in [-0.4, -0.2) is 0 Å². The molecule has 138 valence electrons. The van der Waals surface area contributed by atoms with E-state index >= 15 is 0 Å². The first-order chi connectivity index (χ1) is 13.2. The van der Waals surface area contributed by atoms with Crippen molar-refractivity contribution in [3.05, 3.63) is 82.7 Å². The minimum Gasteiger partial charge on any atom is -0.205 e. The van der Waals surface area contributed by atoms with Crippen LogP contribution in [0, 0.1) is 17.7 Å². The van der Waals surface area contributed by atoms with Gasteiger partial charge in [-0.2, -0.15) is 0 Å². The summed E-state index contributed by atoms with van der Waals surface area (Å²) in [5.41, 5.74) is 3.94. The second kappa shape index (κ2) is 9.38. The molecule has 0 unspecified atom stereocenters. The Balaban J connectivity index is 1.74. The summed E-state index contributed by atoms with van der Waals surface area (Å²) in [4.78, 5) is 0. The third-order valence-corrected chi connectivity index (χ3v) is 5.04. The molecule has 1 heteroatoms. The van der Waals surface area contributed by atoms with E-state index in [1.54, 1.807) is 6.07 Å². The molecule has 0 saturated heterocycles. The van der Waals surface area contributed by atoms with Crippen molar-refractivity contribution in [2.24, 2.45) is 0 Å². The molecule has 0 heterocycles. The average Bonchev–Trinajstić information content (AvgIpc) is 2.71.